The van der Waals surface area contributed by atoms with E-state index in [1.165, 1.54) is 11.2 Å². The van der Waals surface area contributed by atoms with Crippen LogP contribution in [0.4, 0.5) is 5.69 Å². The minimum atomic E-state index is 0.678. The first-order chi connectivity index (χ1) is 9.74. The molecule has 1 N–H and O–H groups in total. The number of hydrogen-bond donors (Lipinski definition) is 1. The molecule has 3 aromatic rings. The lowest BCUT2D eigenvalue weighted by Gasteiger charge is -2.11. The highest BCUT2D eigenvalue weighted by atomic mass is 35.5. The Balaban J connectivity index is 1.88. The molecule has 0 aliphatic heterocycles. The fourth-order valence-electron chi connectivity index (χ4n) is 1.85. The molecule has 0 spiro atoms. The summed E-state index contributed by atoms with van der Waals surface area (Å²) in [6.45, 7) is 2.71. The Bertz CT molecular complexity index is 707. The van der Waals surface area contributed by atoms with Gasteiger partial charge in [-0.3, -0.25) is 0 Å². The first-order valence-electron chi connectivity index (χ1n) is 6.01. The Morgan fingerprint density at radius 2 is 2.30 bits per heavy atom. The van der Waals surface area contributed by atoms with Crippen LogP contribution in [0.5, 0.6) is 0 Å². The molecular formula is C13H12ClN5S. The van der Waals surface area contributed by atoms with E-state index in [0.29, 0.717) is 11.6 Å². The van der Waals surface area contributed by atoms with E-state index < -0.39 is 0 Å². The SMILES string of the molecule is Cc1ncsc1CNc1cc(Cl)ccc1-n1cncn1. The largest absolute Gasteiger partial charge is 0.378 e. The van der Waals surface area contributed by atoms with Crippen LogP contribution >= 0.6 is 22.9 Å². The number of nitrogens with one attached hydrogen (secondary N) is 1. The lowest BCUT2D eigenvalue weighted by Crippen LogP contribution is -2.05. The monoisotopic (exact) mass is 305 g/mol. The molecule has 2 aromatic heterocycles. The highest BCUT2D eigenvalue weighted by Gasteiger charge is 2.08. The molecule has 2 heterocycles. The summed E-state index contributed by atoms with van der Waals surface area (Å²) in [5.41, 5.74) is 4.72. The van der Waals surface area contributed by atoms with Gasteiger partial charge in [-0.05, 0) is 25.1 Å². The number of hydrogen-bond acceptors (Lipinski definition) is 5. The van der Waals surface area contributed by atoms with Gasteiger partial charge in [-0.15, -0.1) is 11.3 Å². The van der Waals surface area contributed by atoms with Gasteiger partial charge < -0.3 is 5.32 Å². The van der Waals surface area contributed by atoms with Crippen LogP contribution in [-0.2, 0) is 6.54 Å². The number of anilines is 1. The molecule has 0 amide bonds. The Kier molecular flexibility index (Phi) is 3.66. The average Bonchev–Trinajstić information content (AvgIpc) is 3.08. The summed E-state index contributed by atoms with van der Waals surface area (Å²) in [4.78, 5) is 9.42. The minimum Gasteiger partial charge on any atom is -0.378 e. The second-order valence-corrected chi connectivity index (χ2v) is 5.59. The number of aromatic nitrogens is 4. The van der Waals surface area contributed by atoms with Crippen molar-refractivity contribution in [3.63, 3.8) is 0 Å². The summed E-state index contributed by atoms with van der Waals surface area (Å²) in [7, 11) is 0. The molecule has 5 nitrogen and oxygen atoms in total. The topological polar surface area (TPSA) is 55.6 Å². The van der Waals surface area contributed by atoms with Gasteiger partial charge in [0.2, 0.25) is 0 Å². The van der Waals surface area contributed by atoms with Crippen LogP contribution in [0.25, 0.3) is 5.69 Å². The minimum absolute atomic E-state index is 0.678. The molecule has 0 aliphatic rings. The van der Waals surface area contributed by atoms with Gasteiger partial charge in [0.05, 0.1) is 29.1 Å². The molecule has 0 aliphatic carbocycles. The third-order valence-corrected chi connectivity index (χ3v) is 4.08. The quantitative estimate of drug-likeness (QED) is 0.803. The fourth-order valence-corrected chi connectivity index (χ4v) is 2.74. The predicted octanol–water partition coefficient (Wildman–Crippen LogP) is 3.30. The molecule has 0 saturated heterocycles. The van der Waals surface area contributed by atoms with E-state index in [9.17, 15) is 0 Å². The Morgan fingerprint density at radius 1 is 1.40 bits per heavy atom. The third-order valence-electron chi connectivity index (χ3n) is 2.91. The van der Waals surface area contributed by atoms with E-state index in [1.54, 1.807) is 22.3 Å². The van der Waals surface area contributed by atoms with Gasteiger partial charge in [-0.25, -0.2) is 14.6 Å². The van der Waals surface area contributed by atoms with Crippen LogP contribution in [0.15, 0.2) is 36.4 Å². The summed E-state index contributed by atoms with van der Waals surface area (Å²) in [6.07, 6.45) is 3.16. The van der Waals surface area contributed by atoms with Crippen molar-refractivity contribution in [2.75, 3.05) is 5.32 Å². The first kappa shape index (κ1) is 13.1. The van der Waals surface area contributed by atoms with Crippen LogP contribution in [0.2, 0.25) is 5.02 Å². The number of rotatable bonds is 4. The van der Waals surface area contributed by atoms with Gasteiger partial charge in [-0.2, -0.15) is 5.10 Å². The van der Waals surface area contributed by atoms with E-state index in [-0.39, 0.29) is 0 Å². The molecular weight excluding hydrogens is 294 g/mol. The first-order valence-corrected chi connectivity index (χ1v) is 7.27. The van der Waals surface area contributed by atoms with Crippen LogP contribution < -0.4 is 5.32 Å². The van der Waals surface area contributed by atoms with E-state index >= 15 is 0 Å². The lowest BCUT2D eigenvalue weighted by molar-refractivity contribution is 0.878. The number of halogens is 1. The van der Waals surface area contributed by atoms with Crippen molar-refractivity contribution in [2.24, 2.45) is 0 Å². The summed E-state index contributed by atoms with van der Waals surface area (Å²) in [6, 6.07) is 5.63. The van der Waals surface area contributed by atoms with Gasteiger partial charge in [-0.1, -0.05) is 11.6 Å². The van der Waals surface area contributed by atoms with Crippen LogP contribution in [-0.4, -0.2) is 19.7 Å². The molecule has 3 rings (SSSR count). The predicted molar refractivity (Wildman–Crippen MR) is 80.5 cm³/mol. The Labute approximate surface area is 125 Å². The van der Waals surface area contributed by atoms with E-state index in [0.717, 1.165) is 17.1 Å². The number of nitrogens with zero attached hydrogens (tertiary/aromatic N) is 4. The molecule has 0 unspecified atom stereocenters. The van der Waals surface area contributed by atoms with E-state index in [2.05, 4.69) is 20.4 Å². The molecule has 7 heteroatoms. The van der Waals surface area contributed by atoms with Gasteiger partial charge in [0, 0.05) is 9.90 Å². The zero-order valence-electron chi connectivity index (χ0n) is 10.7. The van der Waals surface area contributed by atoms with Crippen LogP contribution in [0.1, 0.15) is 10.6 Å². The van der Waals surface area contributed by atoms with Crippen molar-refractivity contribution >= 4 is 28.6 Å². The van der Waals surface area contributed by atoms with Gasteiger partial charge in [0.15, 0.2) is 0 Å². The number of benzene rings is 1. The zero-order chi connectivity index (χ0) is 13.9. The van der Waals surface area contributed by atoms with Crippen molar-refractivity contribution in [1.82, 2.24) is 19.7 Å². The van der Waals surface area contributed by atoms with Gasteiger partial charge in [0.1, 0.15) is 12.7 Å². The van der Waals surface area contributed by atoms with Crippen LogP contribution in [0, 0.1) is 6.92 Å². The van der Waals surface area contributed by atoms with E-state index in [1.807, 2.05) is 30.6 Å². The second-order valence-electron chi connectivity index (χ2n) is 4.22. The van der Waals surface area contributed by atoms with Crippen molar-refractivity contribution in [2.45, 2.75) is 13.5 Å². The number of aryl methyl sites for hydroxylation is 1. The van der Waals surface area contributed by atoms with Crippen molar-refractivity contribution < 1.29 is 0 Å². The van der Waals surface area contributed by atoms with Gasteiger partial charge >= 0.3 is 0 Å². The molecule has 20 heavy (non-hydrogen) atoms. The molecule has 0 fully saturated rings. The molecule has 1 aromatic carbocycles. The maximum Gasteiger partial charge on any atom is 0.138 e. The summed E-state index contributed by atoms with van der Waals surface area (Å²) >= 11 is 7.71. The Hall–Kier alpha value is -1.92. The molecule has 0 bridgehead atoms. The average molecular weight is 306 g/mol. The second kappa shape index (κ2) is 5.60. The highest BCUT2D eigenvalue weighted by molar-refractivity contribution is 7.09. The van der Waals surface area contributed by atoms with Crippen molar-refractivity contribution in [3.8, 4) is 5.69 Å². The van der Waals surface area contributed by atoms with E-state index in [4.69, 9.17) is 11.6 Å². The zero-order valence-corrected chi connectivity index (χ0v) is 12.3. The maximum absolute atomic E-state index is 6.08. The molecule has 0 saturated carbocycles. The highest BCUT2D eigenvalue weighted by Crippen LogP contribution is 2.25. The van der Waals surface area contributed by atoms with Crippen molar-refractivity contribution in [1.29, 1.82) is 0 Å². The molecule has 0 atom stereocenters. The smallest absolute Gasteiger partial charge is 0.138 e. The third kappa shape index (κ3) is 2.66. The summed E-state index contributed by atoms with van der Waals surface area (Å²) in [5, 5.41) is 8.21. The Morgan fingerprint density at radius 3 is 3.00 bits per heavy atom. The van der Waals surface area contributed by atoms with Gasteiger partial charge in [0.25, 0.3) is 0 Å². The van der Waals surface area contributed by atoms with Crippen LogP contribution in [0.3, 0.4) is 0 Å². The maximum atomic E-state index is 6.08. The standard InChI is InChI=1S/C13H12ClN5S/c1-9-13(20-8-17-9)5-16-11-4-10(14)2-3-12(11)19-7-15-6-18-19/h2-4,6-8,16H,5H2,1H3. The molecule has 102 valence electrons. The fraction of sp³-hybridized carbons (Fsp3) is 0.154. The number of thiazole rings is 1. The summed E-state index contributed by atoms with van der Waals surface area (Å²) in [5.74, 6) is 0. The summed E-state index contributed by atoms with van der Waals surface area (Å²) < 4.78 is 1.71. The van der Waals surface area contributed by atoms with Crippen molar-refractivity contribution in [3.05, 3.63) is 52.0 Å². The normalized spacial score (nSPS) is 10.7. The molecule has 0 radical (unpaired) electrons. The lowest BCUT2D eigenvalue weighted by atomic mass is 10.2.